The van der Waals surface area contributed by atoms with Gasteiger partial charge in [-0.1, -0.05) is 12.1 Å². The molecule has 0 saturated carbocycles. The normalized spacial score (nSPS) is 10.2. The fourth-order valence-electron chi connectivity index (χ4n) is 1.76. The van der Waals surface area contributed by atoms with Crippen LogP contribution >= 0.6 is 0 Å². The molecular formula is C14H16FN3. The Morgan fingerprint density at radius 3 is 2.72 bits per heavy atom. The average molecular weight is 245 g/mol. The number of halogens is 1. The summed E-state index contributed by atoms with van der Waals surface area (Å²) in [5.74, 6) is -0.310. The summed E-state index contributed by atoms with van der Waals surface area (Å²) in [7, 11) is 3.98. The maximum Gasteiger partial charge on any atom is 0.141 e. The molecule has 0 fully saturated rings. The van der Waals surface area contributed by atoms with E-state index >= 15 is 0 Å². The van der Waals surface area contributed by atoms with Crippen LogP contribution in [0.15, 0.2) is 42.7 Å². The molecule has 18 heavy (non-hydrogen) atoms. The van der Waals surface area contributed by atoms with Crippen LogP contribution in [0.2, 0.25) is 0 Å². The monoisotopic (exact) mass is 245 g/mol. The average Bonchev–Trinajstić information content (AvgIpc) is 2.37. The molecule has 1 N–H and O–H groups in total. The van der Waals surface area contributed by atoms with E-state index in [1.807, 2.05) is 43.3 Å². The van der Waals surface area contributed by atoms with Gasteiger partial charge in [0.1, 0.15) is 5.82 Å². The molecule has 0 atom stereocenters. The number of nitrogens with zero attached hydrogens (tertiary/aromatic N) is 2. The number of nitrogens with one attached hydrogen (secondary N) is 1. The van der Waals surface area contributed by atoms with Crippen LogP contribution in [-0.4, -0.2) is 19.1 Å². The topological polar surface area (TPSA) is 28.2 Å². The van der Waals surface area contributed by atoms with E-state index in [2.05, 4.69) is 10.3 Å². The molecule has 0 aliphatic carbocycles. The van der Waals surface area contributed by atoms with Gasteiger partial charge >= 0.3 is 0 Å². The molecule has 2 rings (SSSR count). The SMILES string of the molecule is CN(C)c1ccccc1NCc1cncc(F)c1. The Morgan fingerprint density at radius 1 is 1.22 bits per heavy atom. The smallest absolute Gasteiger partial charge is 0.141 e. The molecule has 0 aliphatic heterocycles. The van der Waals surface area contributed by atoms with Crippen LogP contribution in [0.5, 0.6) is 0 Å². The van der Waals surface area contributed by atoms with E-state index in [4.69, 9.17) is 0 Å². The van der Waals surface area contributed by atoms with Gasteiger partial charge in [-0.25, -0.2) is 4.39 Å². The second-order valence-corrected chi connectivity index (χ2v) is 4.28. The van der Waals surface area contributed by atoms with E-state index in [1.165, 1.54) is 12.3 Å². The van der Waals surface area contributed by atoms with Crippen LogP contribution in [0.3, 0.4) is 0 Å². The summed E-state index contributed by atoms with van der Waals surface area (Å²) in [6.45, 7) is 0.551. The van der Waals surface area contributed by atoms with E-state index < -0.39 is 0 Å². The van der Waals surface area contributed by atoms with Gasteiger partial charge in [-0.15, -0.1) is 0 Å². The maximum atomic E-state index is 13.0. The maximum absolute atomic E-state index is 13.0. The summed E-state index contributed by atoms with van der Waals surface area (Å²) in [5.41, 5.74) is 2.94. The highest BCUT2D eigenvalue weighted by atomic mass is 19.1. The standard InChI is InChI=1S/C14H16FN3/c1-18(2)14-6-4-3-5-13(14)17-9-11-7-12(15)10-16-8-11/h3-8,10,17H,9H2,1-2H3. The molecular weight excluding hydrogens is 229 g/mol. The Morgan fingerprint density at radius 2 is 2.00 bits per heavy atom. The highest BCUT2D eigenvalue weighted by molar-refractivity contribution is 5.69. The van der Waals surface area contributed by atoms with Crippen LogP contribution in [0, 0.1) is 5.82 Å². The molecule has 1 aromatic carbocycles. The number of aromatic nitrogens is 1. The van der Waals surface area contributed by atoms with Crippen molar-refractivity contribution in [3.63, 3.8) is 0 Å². The minimum absolute atomic E-state index is 0.310. The first-order valence-electron chi connectivity index (χ1n) is 5.76. The van der Waals surface area contributed by atoms with Crippen molar-refractivity contribution >= 4 is 11.4 Å². The molecule has 2 aromatic rings. The Kier molecular flexibility index (Phi) is 3.77. The summed E-state index contributed by atoms with van der Waals surface area (Å²) < 4.78 is 13.0. The van der Waals surface area contributed by atoms with Crippen molar-refractivity contribution in [2.45, 2.75) is 6.54 Å². The molecule has 1 heterocycles. The summed E-state index contributed by atoms with van der Waals surface area (Å²) in [6.07, 6.45) is 2.87. The van der Waals surface area contributed by atoms with E-state index in [9.17, 15) is 4.39 Å². The molecule has 0 saturated heterocycles. The Balaban J connectivity index is 2.11. The number of hydrogen-bond donors (Lipinski definition) is 1. The molecule has 1 aromatic heterocycles. The first-order chi connectivity index (χ1) is 8.66. The van der Waals surface area contributed by atoms with Crippen molar-refractivity contribution in [2.24, 2.45) is 0 Å². The molecule has 0 spiro atoms. The predicted octanol–water partition coefficient (Wildman–Crippen LogP) is 2.90. The third-order valence-corrected chi connectivity index (χ3v) is 2.63. The van der Waals surface area contributed by atoms with Crippen molar-refractivity contribution in [3.05, 3.63) is 54.1 Å². The Bertz CT molecular complexity index is 526. The van der Waals surface area contributed by atoms with Gasteiger partial charge in [0.05, 0.1) is 17.6 Å². The molecule has 3 nitrogen and oxygen atoms in total. The van der Waals surface area contributed by atoms with Gasteiger partial charge in [0, 0.05) is 26.8 Å². The second-order valence-electron chi connectivity index (χ2n) is 4.28. The highest BCUT2D eigenvalue weighted by Gasteiger charge is 2.03. The minimum Gasteiger partial charge on any atom is -0.379 e. The van der Waals surface area contributed by atoms with Crippen LogP contribution in [0.1, 0.15) is 5.56 Å². The van der Waals surface area contributed by atoms with Crippen LogP contribution < -0.4 is 10.2 Å². The lowest BCUT2D eigenvalue weighted by molar-refractivity contribution is 0.619. The number of rotatable bonds is 4. The molecule has 4 heteroatoms. The molecule has 0 aliphatic rings. The quantitative estimate of drug-likeness (QED) is 0.897. The van der Waals surface area contributed by atoms with E-state index in [-0.39, 0.29) is 5.82 Å². The number of para-hydroxylation sites is 2. The van der Waals surface area contributed by atoms with Gasteiger partial charge in [0.15, 0.2) is 0 Å². The fraction of sp³-hybridized carbons (Fsp3) is 0.214. The zero-order valence-electron chi connectivity index (χ0n) is 10.5. The summed E-state index contributed by atoms with van der Waals surface area (Å²) in [4.78, 5) is 5.86. The zero-order chi connectivity index (χ0) is 13.0. The summed E-state index contributed by atoms with van der Waals surface area (Å²) >= 11 is 0. The molecule has 0 amide bonds. The number of benzene rings is 1. The van der Waals surface area contributed by atoms with Gasteiger partial charge in [0.2, 0.25) is 0 Å². The predicted molar refractivity (Wildman–Crippen MR) is 72.3 cm³/mol. The highest BCUT2D eigenvalue weighted by Crippen LogP contribution is 2.23. The molecule has 0 unspecified atom stereocenters. The number of pyridine rings is 1. The van der Waals surface area contributed by atoms with E-state index in [1.54, 1.807) is 6.20 Å². The zero-order valence-corrected chi connectivity index (χ0v) is 10.5. The lowest BCUT2D eigenvalue weighted by Gasteiger charge is -2.18. The first-order valence-corrected chi connectivity index (χ1v) is 5.76. The summed E-state index contributed by atoms with van der Waals surface area (Å²) in [5, 5.41) is 3.29. The van der Waals surface area contributed by atoms with Gasteiger partial charge in [-0.05, 0) is 23.8 Å². The fourth-order valence-corrected chi connectivity index (χ4v) is 1.76. The van der Waals surface area contributed by atoms with Gasteiger partial charge in [-0.2, -0.15) is 0 Å². The van der Waals surface area contributed by atoms with Gasteiger partial charge in [0.25, 0.3) is 0 Å². The first kappa shape index (κ1) is 12.4. The molecule has 0 bridgehead atoms. The Labute approximate surface area is 106 Å². The Hall–Kier alpha value is -2.10. The lowest BCUT2D eigenvalue weighted by atomic mass is 10.2. The third-order valence-electron chi connectivity index (χ3n) is 2.63. The van der Waals surface area contributed by atoms with Crippen LogP contribution in [0.25, 0.3) is 0 Å². The van der Waals surface area contributed by atoms with Crippen molar-refractivity contribution < 1.29 is 4.39 Å². The van der Waals surface area contributed by atoms with Crippen molar-refractivity contribution in [1.82, 2.24) is 4.98 Å². The lowest BCUT2D eigenvalue weighted by Crippen LogP contribution is -2.12. The van der Waals surface area contributed by atoms with E-state index in [0.717, 1.165) is 16.9 Å². The molecule has 94 valence electrons. The van der Waals surface area contributed by atoms with Crippen LogP contribution in [0.4, 0.5) is 15.8 Å². The second kappa shape index (κ2) is 5.49. The van der Waals surface area contributed by atoms with E-state index in [0.29, 0.717) is 6.54 Å². The number of anilines is 2. The van der Waals surface area contributed by atoms with Crippen molar-refractivity contribution in [3.8, 4) is 0 Å². The number of hydrogen-bond acceptors (Lipinski definition) is 3. The van der Waals surface area contributed by atoms with Crippen molar-refractivity contribution in [2.75, 3.05) is 24.3 Å². The minimum atomic E-state index is -0.310. The van der Waals surface area contributed by atoms with Crippen LogP contribution in [-0.2, 0) is 6.54 Å². The largest absolute Gasteiger partial charge is 0.379 e. The van der Waals surface area contributed by atoms with Gasteiger partial charge < -0.3 is 10.2 Å². The van der Waals surface area contributed by atoms with Gasteiger partial charge in [-0.3, -0.25) is 4.98 Å². The molecule has 0 radical (unpaired) electrons. The van der Waals surface area contributed by atoms with Crippen molar-refractivity contribution in [1.29, 1.82) is 0 Å². The summed E-state index contributed by atoms with van der Waals surface area (Å²) in [6, 6.07) is 9.48. The third kappa shape index (κ3) is 2.97.